The van der Waals surface area contributed by atoms with Crippen LogP contribution in [0.25, 0.3) is 0 Å². The highest BCUT2D eigenvalue weighted by molar-refractivity contribution is 5.96. The Kier molecular flexibility index (Phi) is 6.14. The van der Waals surface area contributed by atoms with Crippen LogP contribution >= 0.6 is 0 Å². The van der Waals surface area contributed by atoms with Crippen molar-refractivity contribution < 1.29 is 29.0 Å². The maximum absolute atomic E-state index is 13.0. The molecule has 8 heteroatoms. The van der Waals surface area contributed by atoms with Crippen LogP contribution in [0, 0.1) is 5.92 Å². The summed E-state index contributed by atoms with van der Waals surface area (Å²) in [6, 6.07) is 13.4. The van der Waals surface area contributed by atoms with Gasteiger partial charge >= 0.3 is 12.1 Å². The minimum atomic E-state index is -0.501. The Balaban J connectivity index is 1.70. The van der Waals surface area contributed by atoms with Gasteiger partial charge < -0.3 is 24.4 Å². The lowest BCUT2D eigenvalue weighted by atomic mass is 9.81. The third kappa shape index (κ3) is 3.82. The van der Waals surface area contributed by atoms with Gasteiger partial charge in [-0.2, -0.15) is 0 Å². The number of hydrogen-bond acceptors (Lipinski definition) is 6. The molecule has 2 aliphatic heterocycles. The molecule has 0 spiro atoms. The molecule has 2 aliphatic rings. The van der Waals surface area contributed by atoms with Crippen molar-refractivity contribution >= 4 is 23.7 Å². The van der Waals surface area contributed by atoms with Gasteiger partial charge in [-0.25, -0.2) is 9.59 Å². The van der Waals surface area contributed by atoms with Crippen LogP contribution in [0.3, 0.4) is 0 Å². The lowest BCUT2D eigenvalue weighted by Gasteiger charge is -2.44. The zero-order valence-corrected chi connectivity index (χ0v) is 18.1. The Hall–Kier alpha value is -3.39. The van der Waals surface area contributed by atoms with E-state index in [2.05, 4.69) is 0 Å². The monoisotopic (exact) mass is 438 g/mol. The maximum Gasteiger partial charge on any atom is 0.410 e. The molecule has 1 N–H and O–H groups in total. The Morgan fingerprint density at radius 1 is 1.12 bits per heavy atom. The molecule has 4 rings (SSSR count). The van der Waals surface area contributed by atoms with E-state index >= 15 is 0 Å². The van der Waals surface area contributed by atoms with Crippen molar-refractivity contribution in [2.24, 2.45) is 5.92 Å². The normalized spacial score (nSPS) is 21.5. The van der Waals surface area contributed by atoms with Gasteiger partial charge in [-0.15, -0.1) is 0 Å². The number of anilines is 1. The van der Waals surface area contributed by atoms with Gasteiger partial charge in [0.15, 0.2) is 0 Å². The Labute approximate surface area is 186 Å². The topological polar surface area (TPSA) is 96.4 Å². The average molecular weight is 438 g/mol. The molecule has 8 nitrogen and oxygen atoms in total. The van der Waals surface area contributed by atoms with Gasteiger partial charge in [0.2, 0.25) is 5.91 Å². The molecule has 1 fully saturated rings. The van der Waals surface area contributed by atoms with E-state index in [9.17, 15) is 19.5 Å². The van der Waals surface area contributed by atoms with E-state index in [1.54, 1.807) is 28.0 Å². The number of aliphatic hydroxyl groups excluding tert-OH is 1. The zero-order valence-electron chi connectivity index (χ0n) is 18.1. The summed E-state index contributed by atoms with van der Waals surface area (Å²) in [5, 5.41) is 10.1. The largest absolute Gasteiger partial charge is 0.465 e. The molecule has 0 aliphatic carbocycles. The first kappa shape index (κ1) is 21.8. The predicted molar refractivity (Wildman–Crippen MR) is 116 cm³/mol. The van der Waals surface area contributed by atoms with Crippen LogP contribution < -0.4 is 4.90 Å². The fourth-order valence-electron chi connectivity index (χ4n) is 4.87. The number of fused-ring (bicyclic) bond motifs is 3. The van der Waals surface area contributed by atoms with Crippen molar-refractivity contribution in [1.82, 2.24) is 4.90 Å². The predicted octanol–water partition coefficient (Wildman–Crippen LogP) is 2.90. The minimum Gasteiger partial charge on any atom is -0.465 e. The van der Waals surface area contributed by atoms with Gasteiger partial charge in [-0.1, -0.05) is 30.3 Å². The van der Waals surface area contributed by atoms with Crippen molar-refractivity contribution in [2.75, 3.05) is 25.2 Å². The average Bonchev–Trinajstić information content (AvgIpc) is 3.26. The first-order valence-corrected chi connectivity index (χ1v) is 10.6. The molecular weight excluding hydrogens is 412 g/mol. The molecule has 2 heterocycles. The number of nitrogens with zero attached hydrogens (tertiary/aromatic N) is 2. The van der Waals surface area contributed by atoms with Crippen LogP contribution in [0.2, 0.25) is 0 Å². The van der Waals surface area contributed by atoms with Gasteiger partial charge in [0.25, 0.3) is 0 Å². The molecule has 2 amide bonds. The first-order valence-electron chi connectivity index (χ1n) is 10.6. The van der Waals surface area contributed by atoms with Crippen molar-refractivity contribution in [3.8, 4) is 0 Å². The lowest BCUT2D eigenvalue weighted by Crippen LogP contribution is -2.52. The van der Waals surface area contributed by atoms with Crippen LogP contribution in [0.15, 0.2) is 48.5 Å². The Morgan fingerprint density at radius 3 is 2.53 bits per heavy atom. The quantitative estimate of drug-likeness (QED) is 0.738. The number of amides is 2. The second-order valence-electron chi connectivity index (χ2n) is 8.04. The van der Waals surface area contributed by atoms with Crippen molar-refractivity contribution in [2.45, 2.75) is 32.0 Å². The van der Waals surface area contributed by atoms with Gasteiger partial charge in [0, 0.05) is 25.1 Å². The Bertz CT molecular complexity index is 1020. The number of likely N-dealkylation sites (tertiary alicyclic amines) is 1. The molecule has 2 aromatic rings. The SMILES string of the molecule is COC(=O)c1ccc2c(c1)[C@@H]1[C@@H](CCN1C(=O)OCc1ccccc1)[C@@H](CO)N2C(C)=O. The van der Waals surface area contributed by atoms with Crippen LogP contribution in [0.5, 0.6) is 0 Å². The number of carbonyl (C=O) groups is 3. The van der Waals surface area contributed by atoms with Crippen LogP contribution in [0.1, 0.15) is 40.9 Å². The molecule has 32 heavy (non-hydrogen) atoms. The van der Waals surface area contributed by atoms with Gasteiger partial charge in [-0.3, -0.25) is 4.79 Å². The summed E-state index contributed by atoms with van der Waals surface area (Å²) >= 11 is 0. The second kappa shape index (κ2) is 9.00. The van der Waals surface area contributed by atoms with Crippen molar-refractivity contribution in [1.29, 1.82) is 0 Å². The summed E-state index contributed by atoms with van der Waals surface area (Å²) in [5.74, 6) is -0.896. The third-order valence-corrected chi connectivity index (χ3v) is 6.26. The summed E-state index contributed by atoms with van der Waals surface area (Å²) in [4.78, 5) is 40.9. The lowest BCUT2D eigenvalue weighted by molar-refractivity contribution is -0.117. The highest BCUT2D eigenvalue weighted by Gasteiger charge is 2.50. The fraction of sp³-hybridized carbons (Fsp3) is 0.375. The number of ether oxygens (including phenoxy) is 2. The van der Waals surface area contributed by atoms with Crippen molar-refractivity contribution in [3.63, 3.8) is 0 Å². The van der Waals surface area contributed by atoms with E-state index in [1.165, 1.54) is 14.0 Å². The van der Waals surface area contributed by atoms with Gasteiger partial charge in [-0.05, 0) is 35.7 Å². The van der Waals surface area contributed by atoms with E-state index < -0.39 is 24.1 Å². The summed E-state index contributed by atoms with van der Waals surface area (Å²) < 4.78 is 10.4. The van der Waals surface area contributed by atoms with Crippen LogP contribution in [-0.4, -0.2) is 54.3 Å². The summed E-state index contributed by atoms with van der Waals surface area (Å²) in [7, 11) is 1.30. The Morgan fingerprint density at radius 2 is 1.88 bits per heavy atom. The number of benzene rings is 2. The van der Waals surface area contributed by atoms with E-state index in [0.717, 1.165) is 5.56 Å². The molecule has 0 radical (unpaired) electrons. The van der Waals surface area contributed by atoms with Crippen LogP contribution in [0.4, 0.5) is 10.5 Å². The molecule has 2 aromatic carbocycles. The highest BCUT2D eigenvalue weighted by atomic mass is 16.6. The molecular formula is C24H26N2O6. The highest BCUT2D eigenvalue weighted by Crippen LogP contribution is 2.49. The summed E-state index contributed by atoms with van der Waals surface area (Å²) in [6.07, 6.45) is 0.130. The van der Waals surface area contributed by atoms with E-state index in [4.69, 9.17) is 9.47 Å². The molecule has 3 atom stereocenters. The maximum atomic E-state index is 13.0. The number of aliphatic hydroxyl groups is 1. The van der Waals surface area contributed by atoms with E-state index in [0.29, 0.717) is 29.8 Å². The summed E-state index contributed by atoms with van der Waals surface area (Å²) in [5.41, 5.74) is 2.46. The number of esters is 1. The van der Waals surface area contributed by atoms with Gasteiger partial charge in [0.05, 0.1) is 31.4 Å². The van der Waals surface area contributed by atoms with Gasteiger partial charge in [0.1, 0.15) is 6.61 Å². The smallest absolute Gasteiger partial charge is 0.410 e. The molecule has 0 aromatic heterocycles. The number of rotatable bonds is 4. The van der Waals surface area contributed by atoms with Crippen molar-refractivity contribution in [3.05, 3.63) is 65.2 Å². The summed E-state index contributed by atoms with van der Waals surface area (Å²) in [6.45, 7) is 1.78. The number of carbonyl (C=O) groups excluding carboxylic acids is 3. The first-order chi connectivity index (χ1) is 15.5. The molecule has 168 valence electrons. The fourth-order valence-corrected chi connectivity index (χ4v) is 4.87. The molecule has 1 saturated heterocycles. The standard InChI is InChI=1S/C24H26N2O6/c1-15(28)26-20-9-8-17(23(29)31-2)12-19(20)22-18(21(26)13-27)10-11-25(22)24(30)32-14-16-6-4-3-5-7-16/h3-9,12,18,21-22,27H,10-11,13-14H2,1-2H3/t18-,21+,22-/m0/s1. The zero-order chi connectivity index (χ0) is 22.8. The minimum absolute atomic E-state index is 0.144. The molecule has 0 bridgehead atoms. The second-order valence-corrected chi connectivity index (χ2v) is 8.04. The molecule has 0 saturated carbocycles. The number of methoxy groups -OCH3 is 1. The third-order valence-electron chi connectivity index (χ3n) is 6.26. The van der Waals surface area contributed by atoms with E-state index in [1.807, 2.05) is 30.3 Å². The molecule has 0 unspecified atom stereocenters. The van der Waals surface area contributed by atoms with E-state index in [-0.39, 0.29) is 25.0 Å². The van der Waals surface area contributed by atoms with Crippen LogP contribution in [-0.2, 0) is 20.9 Å². The number of hydrogen-bond donors (Lipinski definition) is 1.